The van der Waals surface area contributed by atoms with Gasteiger partial charge in [0.1, 0.15) is 12.4 Å². The van der Waals surface area contributed by atoms with E-state index in [0.29, 0.717) is 37.8 Å². The number of nitrogens with zero attached hydrogens (tertiary/aromatic N) is 2. The van der Waals surface area contributed by atoms with Crippen molar-refractivity contribution in [1.29, 1.82) is 0 Å². The van der Waals surface area contributed by atoms with Gasteiger partial charge in [-0.3, -0.25) is 4.98 Å². The molecule has 2 heterocycles. The maximum Gasteiger partial charge on any atom is 0.573 e. The van der Waals surface area contributed by atoms with Gasteiger partial charge in [-0.1, -0.05) is 30.3 Å². The molecule has 9 heteroatoms. The van der Waals surface area contributed by atoms with E-state index in [1.807, 2.05) is 42.6 Å². The fourth-order valence-electron chi connectivity index (χ4n) is 4.50. The van der Waals surface area contributed by atoms with Crippen LogP contribution in [-0.2, 0) is 11.3 Å². The molecular formula is C29H30F3N3O3. The third-order valence-corrected chi connectivity index (χ3v) is 6.47. The number of para-hydroxylation sites is 1. The van der Waals surface area contributed by atoms with Gasteiger partial charge in [0.25, 0.3) is 0 Å². The number of benzene rings is 2. The van der Waals surface area contributed by atoms with Crippen LogP contribution in [0.1, 0.15) is 42.7 Å². The number of alkyl halides is 3. The first-order chi connectivity index (χ1) is 18.5. The van der Waals surface area contributed by atoms with Crippen molar-refractivity contribution < 1.29 is 27.4 Å². The highest BCUT2D eigenvalue weighted by atomic mass is 19.4. The van der Waals surface area contributed by atoms with Crippen LogP contribution < -0.4 is 14.8 Å². The lowest BCUT2D eigenvalue weighted by molar-refractivity contribution is -0.274. The highest BCUT2D eigenvalue weighted by Gasteiger charge is 2.35. The van der Waals surface area contributed by atoms with Crippen molar-refractivity contribution >= 4 is 21.7 Å². The van der Waals surface area contributed by atoms with E-state index < -0.39 is 6.36 Å². The number of ether oxygens (including phenoxy) is 3. The third kappa shape index (κ3) is 6.90. The maximum absolute atomic E-state index is 12.7. The van der Waals surface area contributed by atoms with Crippen molar-refractivity contribution in [2.24, 2.45) is 0 Å². The average molecular weight is 526 g/mol. The second-order valence-electron chi connectivity index (χ2n) is 9.39. The summed E-state index contributed by atoms with van der Waals surface area (Å²) in [7, 11) is 0. The molecule has 1 N–H and O–H groups in total. The predicted octanol–water partition coefficient (Wildman–Crippen LogP) is 6.52. The number of aromatic nitrogens is 2. The lowest BCUT2D eigenvalue weighted by Crippen LogP contribution is -2.19. The second-order valence-corrected chi connectivity index (χ2v) is 9.39. The molecule has 0 amide bonds. The largest absolute Gasteiger partial charge is 0.573 e. The van der Waals surface area contributed by atoms with Crippen molar-refractivity contribution in [1.82, 2.24) is 15.3 Å². The molecule has 1 fully saturated rings. The fourth-order valence-corrected chi connectivity index (χ4v) is 4.50. The number of hydrogen-bond donors (Lipinski definition) is 1. The minimum absolute atomic E-state index is 0.0773. The van der Waals surface area contributed by atoms with Gasteiger partial charge in [-0.25, -0.2) is 4.98 Å². The van der Waals surface area contributed by atoms with Gasteiger partial charge in [-0.2, -0.15) is 0 Å². The van der Waals surface area contributed by atoms with Crippen LogP contribution in [0.4, 0.5) is 13.2 Å². The number of fused-ring (bicyclic) bond motifs is 3. The van der Waals surface area contributed by atoms with Gasteiger partial charge >= 0.3 is 6.36 Å². The standard InChI is InChI=1S/C29H30F3N3O3/c30-29(31,32)38-27-10-7-20(17-24(27)21-8-9-21)18-33-12-3-4-14-36-15-16-37-28-23-11-13-34-19-25(23)22-5-1-2-6-26(22)35-28/h1-2,5-7,10-11,13,17,19,21,33H,3-4,8-9,12,14-16,18H2. The summed E-state index contributed by atoms with van der Waals surface area (Å²) in [6, 6.07) is 14.8. The summed E-state index contributed by atoms with van der Waals surface area (Å²) >= 11 is 0. The number of nitrogens with one attached hydrogen (secondary N) is 1. The third-order valence-electron chi connectivity index (χ3n) is 6.47. The van der Waals surface area contributed by atoms with Crippen LogP contribution in [-0.4, -0.2) is 42.7 Å². The predicted molar refractivity (Wildman–Crippen MR) is 139 cm³/mol. The Labute approximate surface area is 219 Å². The molecule has 0 saturated heterocycles. The number of unbranched alkanes of at least 4 members (excludes halogenated alkanes) is 1. The minimum Gasteiger partial charge on any atom is -0.475 e. The normalized spacial score (nSPS) is 13.8. The Morgan fingerprint density at radius 2 is 1.79 bits per heavy atom. The first-order valence-electron chi connectivity index (χ1n) is 12.9. The van der Waals surface area contributed by atoms with Gasteiger partial charge in [0.05, 0.1) is 12.1 Å². The number of hydrogen-bond acceptors (Lipinski definition) is 6. The molecular weight excluding hydrogens is 495 g/mol. The van der Waals surface area contributed by atoms with Crippen LogP contribution >= 0.6 is 0 Å². The molecule has 1 saturated carbocycles. The molecule has 2 aromatic heterocycles. The highest BCUT2D eigenvalue weighted by molar-refractivity contribution is 6.07. The van der Waals surface area contributed by atoms with Crippen LogP contribution in [0.3, 0.4) is 0 Å². The molecule has 1 aliphatic carbocycles. The summed E-state index contributed by atoms with van der Waals surface area (Å²) in [4.78, 5) is 8.91. The van der Waals surface area contributed by atoms with E-state index in [2.05, 4.69) is 20.0 Å². The summed E-state index contributed by atoms with van der Waals surface area (Å²) < 4.78 is 53.8. The molecule has 1 aliphatic rings. The minimum atomic E-state index is -4.67. The molecule has 38 heavy (non-hydrogen) atoms. The Balaban J connectivity index is 0.994. The highest BCUT2D eigenvalue weighted by Crippen LogP contribution is 2.45. The Hall–Kier alpha value is -3.43. The summed E-state index contributed by atoms with van der Waals surface area (Å²) in [5, 5.41) is 6.34. The molecule has 5 rings (SSSR count). The van der Waals surface area contributed by atoms with Crippen LogP contribution in [0.5, 0.6) is 11.6 Å². The van der Waals surface area contributed by atoms with E-state index in [9.17, 15) is 13.2 Å². The van der Waals surface area contributed by atoms with Gasteiger partial charge in [-0.15, -0.1) is 13.2 Å². The van der Waals surface area contributed by atoms with E-state index in [0.717, 1.165) is 59.5 Å². The smallest absolute Gasteiger partial charge is 0.475 e. The van der Waals surface area contributed by atoms with Gasteiger partial charge < -0.3 is 19.5 Å². The summed E-state index contributed by atoms with van der Waals surface area (Å²) in [6.45, 7) is 2.88. The van der Waals surface area contributed by atoms with Crippen molar-refractivity contribution in [3.63, 3.8) is 0 Å². The molecule has 0 aliphatic heterocycles. The zero-order valence-electron chi connectivity index (χ0n) is 21.0. The summed E-state index contributed by atoms with van der Waals surface area (Å²) in [6.07, 6.45) is 2.53. The lowest BCUT2D eigenvalue weighted by Gasteiger charge is -2.14. The molecule has 2 aromatic carbocycles. The van der Waals surface area contributed by atoms with Crippen LogP contribution in [0.25, 0.3) is 21.7 Å². The van der Waals surface area contributed by atoms with Gasteiger partial charge in [-0.05, 0) is 67.5 Å². The number of halogens is 3. The fraction of sp³-hybridized carbons (Fsp3) is 0.379. The van der Waals surface area contributed by atoms with Crippen LogP contribution in [0, 0.1) is 0 Å². The molecule has 0 unspecified atom stereocenters. The maximum atomic E-state index is 12.7. The molecule has 200 valence electrons. The topological polar surface area (TPSA) is 65.5 Å². The quantitative estimate of drug-likeness (QED) is 0.158. The van der Waals surface area contributed by atoms with Crippen LogP contribution in [0.15, 0.2) is 60.9 Å². The monoisotopic (exact) mass is 525 g/mol. The van der Waals surface area contributed by atoms with Crippen molar-refractivity contribution in [3.05, 3.63) is 72.1 Å². The zero-order valence-corrected chi connectivity index (χ0v) is 21.0. The van der Waals surface area contributed by atoms with Crippen molar-refractivity contribution in [2.45, 2.75) is 44.5 Å². The van der Waals surface area contributed by atoms with Crippen LogP contribution in [0.2, 0.25) is 0 Å². The van der Waals surface area contributed by atoms with E-state index >= 15 is 0 Å². The second kappa shape index (κ2) is 12.0. The van der Waals surface area contributed by atoms with Gasteiger partial charge in [0.15, 0.2) is 0 Å². The van der Waals surface area contributed by atoms with E-state index in [1.165, 1.54) is 6.07 Å². The Morgan fingerprint density at radius 1 is 0.921 bits per heavy atom. The van der Waals surface area contributed by atoms with E-state index in [-0.39, 0.29) is 11.7 Å². The van der Waals surface area contributed by atoms with E-state index in [1.54, 1.807) is 12.3 Å². The number of rotatable bonds is 13. The number of pyridine rings is 2. The Kier molecular flexibility index (Phi) is 8.24. The first kappa shape index (κ1) is 26.2. The Morgan fingerprint density at radius 3 is 2.63 bits per heavy atom. The molecule has 0 spiro atoms. The van der Waals surface area contributed by atoms with Gasteiger partial charge in [0.2, 0.25) is 5.88 Å². The Bertz CT molecular complexity index is 1380. The van der Waals surface area contributed by atoms with Crippen molar-refractivity contribution in [3.8, 4) is 11.6 Å². The summed E-state index contributed by atoms with van der Waals surface area (Å²) in [5.74, 6) is 0.671. The molecule has 6 nitrogen and oxygen atoms in total. The van der Waals surface area contributed by atoms with E-state index in [4.69, 9.17) is 9.47 Å². The molecule has 0 atom stereocenters. The van der Waals surface area contributed by atoms with Crippen molar-refractivity contribution in [2.75, 3.05) is 26.4 Å². The van der Waals surface area contributed by atoms with Gasteiger partial charge in [0, 0.05) is 41.7 Å². The SMILES string of the molecule is FC(F)(F)Oc1ccc(CNCCCCOCCOc2nc3ccccc3c3cnccc23)cc1C1CC1. The lowest BCUT2D eigenvalue weighted by atomic mass is 10.1. The zero-order chi connectivity index (χ0) is 26.4. The average Bonchev–Trinajstić information content (AvgIpc) is 3.75. The first-order valence-corrected chi connectivity index (χ1v) is 12.9. The molecule has 0 bridgehead atoms. The summed E-state index contributed by atoms with van der Waals surface area (Å²) in [5.41, 5.74) is 2.48. The molecule has 0 radical (unpaired) electrons. The molecule has 4 aromatic rings.